The quantitative estimate of drug-likeness (QED) is 0.821. The number of carbonyl (C=O) groups is 1. The van der Waals surface area contributed by atoms with Gasteiger partial charge < -0.3 is 0 Å². The van der Waals surface area contributed by atoms with E-state index in [9.17, 15) is 9.18 Å². The number of carbonyl (C=O) groups excluding carboxylic acids is 1. The van der Waals surface area contributed by atoms with E-state index in [1.807, 2.05) is 7.05 Å². The Bertz CT molecular complexity index is 460. The molecule has 0 heterocycles. The van der Waals surface area contributed by atoms with Crippen molar-refractivity contribution in [2.45, 2.75) is 45.1 Å². The first-order valence-corrected chi connectivity index (χ1v) is 7.51. The lowest BCUT2D eigenvalue weighted by Crippen LogP contribution is -2.39. The van der Waals surface area contributed by atoms with Crippen LogP contribution in [0.25, 0.3) is 0 Å². The second-order valence-electron chi connectivity index (χ2n) is 6.15. The van der Waals surface area contributed by atoms with Gasteiger partial charge >= 0.3 is 0 Å². The third-order valence-electron chi connectivity index (χ3n) is 4.30. The molecule has 110 valence electrons. The number of rotatable bonds is 5. The molecule has 1 aliphatic rings. The second-order valence-corrected chi connectivity index (χ2v) is 6.15. The van der Waals surface area contributed by atoms with Gasteiger partial charge in [0.15, 0.2) is 5.78 Å². The molecule has 2 rings (SSSR count). The van der Waals surface area contributed by atoms with E-state index in [1.54, 1.807) is 18.2 Å². The number of hydrogen-bond donors (Lipinski definition) is 0. The minimum Gasteiger partial charge on any atom is -0.298 e. The Morgan fingerprint density at radius 2 is 2.10 bits per heavy atom. The molecule has 0 aliphatic heterocycles. The fraction of sp³-hybridized carbons (Fsp3) is 0.588. The molecule has 3 heteroatoms. The van der Waals surface area contributed by atoms with Crippen LogP contribution in [0.15, 0.2) is 24.3 Å². The maximum atomic E-state index is 13.5. The fourth-order valence-corrected chi connectivity index (χ4v) is 3.12. The maximum absolute atomic E-state index is 13.5. The Morgan fingerprint density at radius 1 is 1.35 bits per heavy atom. The first-order chi connectivity index (χ1) is 9.56. The Morgan fingerprint density at radius 3 is 2.80 bits per heavy atom. The van der Waals surface area contributed by atoms with E-state index in [0.717, 1.165) is 5.92 Å². The summed E-state index contributed by atoms with van der Waals surface area (Å²) in [6.45, 7) is 2.70. The van der Waals surface area contributed by atoms with Crippen LogP contribution in [0, 0.1) is 11.7 Å². The zero-order valence-corrected chi connectivity index (χ0v) is 12.4. The molecule has 1 fully saturated rings. The molecule has 1 aromatic rings. The van der Waals surface area contributed by atoms with Gasteiger partial charge in [-0.3, -0.25) is 9.69 Å². The monoisotopic (exact) mass is 277 g/mol. The third-order valence-corrected chi connectivity index (χ3v) is 4.30. The number of hydrogen-bond acceptors (Lipinski definition) is 2. The van der Waals surface area contributed by atoms with E-state index in [0.29, 0.717) is 18.2 Å². The summed E-state index contributed by atoms with van der Waals surface area (Å²) in [4.78, 5) is 14.2. The molecule has 20 heavy (non-hydrogen) atoms. The average molecular weight is 277 g/mol. The zero-order valence-electron chi connectivity index (χ0n) is 12.4. The van der Waals surface area contributed by atoms with Gasteiger partial charge in [-0.25, -0.2) is 4.39 Å². The van der Waals surface area contributed by atoms with E-state index in [2.05, 4.69) is 11.8 Å². The van der Waals surface area contributed by atoms with E-state index >= 15 is 0 Å². The third kappa shape index (κ3) is 4.14. The average Bonchev–Trinajstić information content (AvgIpc) is 2.41. The Hall–Kier alpha value is -1.22. The van der Waals surface area contributed by atoms with Crippen LogP contribution in [-0.2, 0) is 11.2 Å². The van der Waals surface area contributed by atoms with Crippen LogP contribution in [0.5, 0.6) is 0 Å². The summed E-state index contributed by atoms with van der Waals surface area (Å²) in [6.07, 6.45) is 5.09. The van der Waals surface area contributed by atoms with Gasteiger partial charge in [-0.05, 0) is 37.4 Å². The van der Waals surface area contributed by atoms with Gasteiger partial charge in [-0.1, -0.05) is 38.0 Å². The first kappa shape index (κ1) is 15.2. The predicted molar refractivity (Wildman–Crippen MR) is 79.2 cm³/mol. The van der Waals surface area contributed by atoms with Crippen LogP contribution in [0.2, 0.25) is 0 Å². The molecule has 2 nitrogen and oxygen atoms in total. The van der Waals surface area contributed by atoms with Crippen molar-refractivity contribution in [2.75, 3.05) is 13.6 Å². The minimum atomic E-state index is -0.283. The molecular formula is C17H24FNO. The molecular weight excluding hydrogens is 253 g/mol. The zero-order chi connectivity index (χ0) is 14.5. The normalized spacial score (nSPS) is 23.0. The molecule has 0 saturated heterocycles. The predicted octanol–water partition coefficient (Wildman–Crippen LogP) is 3.45. The Labute approximate surface area is 121 Å². The Balaban J connectivity index is 1.86. The summed E-state index contributed by atoms with van der Waals surface area (Å²) >= 11 is 0. The lowest BCUT2D eigenvalue weighted by molar-refractivity contribution is -0.120. The highest BCUT2D eigenvalue weighted by molar-refractivity contribution is 5.82. The topological polar surface area (TPSA) is 20.3 Å². The SMILES string of the molecule is CC1CCCC(N(C)CC(=O)Cc2ccccc2F)C1. The summed E-state index contributed by atoms with van der Waals surface area (Å²) in [5.41, 5.74) is 0.503. The summed E-state index contributed by atoms with van der Waals surface area (Å²) in [7, 11) is 2.02. The number of benzene rings is 1. The van der Waals surface area contributed by atoms with Crippen LogP contribution >= 0.6 is 0 Å². The van der Waals surface area contributed by atoms with Gasteiger partial charge in [-0.15, -0.1) is 0 Å². The molecule has 0 amide bonds. The van der Waals surface area contributed by atoms with Gasteiger partial charge in [0.05, 0.1) is 6.54 Å². The van der Waals surface area contributed by atoms with Gasteiger partial charge in [0.2, 0.25) is 0 Å². The summed E-state index contributed by atoms with van der Waals surface area (Å²) in [5.74, 6) is 0.559. The van der Waals surface area contributed by atoms with Crippen LogP contribution in [0.3, 0.4) is 0 Å². The lowest BCUT2D eigenvalue weighted by Gasteiger charge is -2.33. The van der Waals surface area contributed by atoms with Gasteiger partial charge in [0.1, 0.15) is 5.82 Å². The van der Waals surface area contributed by atoms with Gasteiger partial charge in [0, 0.05) is 12.5 Å². The van der Waals surface area contributed by atoms with Crippen molar-refractivity contribution in [3.63, 3.8) is 0 Å². The number of likely N-dealkylation sites (N-methyl/N-ethyl adjacent to an activating group) is 1. The summed E-state index contributed by atoms with van der Waals surface area (Å²) in [6, 6.07) is 7.03. The minimum absolute atomic E-state index is 0.0934. The standard InChI is InChI=1S/C17H24FNO/c1-13-6-5-8-15(10-13)19(2)12-16(20)11-14-7-3-4-9-17(14)18/h3-4,7,9,13,15H,5-6,8,10-12H2,1-2H3. The fourth-order valence-electron chi connectivity index (χ4n) is 3.12. The number of halogens is 1. The molecule has 1 aliphatic carbocycles. The van der Waals surface area contributed by atoms with Crippen molar-refractivity contribution in [2.24, 2.45) is 5.92 Å². The molecule has 0 aromatic heterocycles. The molecule has 0 N–H and O–H groups in total. The van der Waals surface area contributed by atoms with Crippen molar-refractivity contribution in [3.05, 3.63) is 35.6 Å². The van der Waals surface area contributed by atoms with E-state index in [4.69, 9.17) is 0 Å². The maximum Gasteiger partial charge on any atom is 0.151 e. The molecule has 1 saturated carbocycles. The van der Waals surface area contributed by atoms with Crippen LogP contribution < -0.4 is 0 Å². The first-order valence-electron chi connectivity index (χ1n) is 7.51. The van der Waals surface area contributed by atoms with Crippen molar-refractivity contribution in [1.29, 1.82) is 0 Å². The summed E-state index contributed by atoms with van der Waals surface area (Å²) in [5, 5.41) is 0. The van der Waals surface area contributed by atoms with Crippen LogP contribution in [0.4, 0.5) is 4.39 Å². The molecule has 2 atom stereocenters. The van der Waals surface area contributed by atoms with Crippen molar-refractivity contribution in [1.82, 2.24) is 4.90 Å². The number of ketones is 1. The van der Waals surface area contributed by atoms with Crippen molar-refractivity contribution < 1.29 is 9.18 Å². The number of Topliss-reactive ketones (excluding diaryl/α,β-unsaturated/α-hetero) is 1. The van der Waals surface area contributed by atoms with E-state index in [-0.39, 0.29) is 18.0 Å². The smallest absolute Gasteiger partial charge is 0.151 e. The molecule has 1 aromatic carbocycles. The second kappa shape index (κ2) is 6.98. The number of nitrogens with zero attached hydrogens (tertiary/aromatic N) is 1. The molecule has 0 spiro atoms. The van der Waals surface area contributed by atoms with Crippen LogP contribution in [0.1, 0.15) is 38.2 Å². The lowest BCUT2D eigenvalue weighted by atomic mass is 9.86. The molecule has 2 unspecified atom stereocenters. The highest BCUT2D eigenvalue weighted by Gasteiger charge is 2.23. The molecule has 0 radical (unpaired) electrons. The van der Waals surface area contributed by atoms with Gasteiger partial charge in [-0.2, -0.15) is 0 Å². The largest absolute Gasteiger partial charge is 0.298 e. The van der Waals surface area contributed by atoms with E-state index in [1.165, 1.54) is 31.7 Å². The van der Waals surface area contributed by atoms with Crippen molar-refractivity contribution in [3.8, 4) is 0 Å². The molecule has 0 bridgehead atoms. The highest BCUT2D eigenvalue weighted by Crippen LogP contribution is 2.26. The van der Waals surface area contributed by atoms with Crippen molar-refractivity contribution >= 4 is 5.78 Å². The van der Waals surface area contributed by atoms with E-state index < -0.39 is 0 Å². The Kier molecular flexibility index (Phi) is 5.30. The van der Waals surface area contributed by atoms with Crippen LogP contribution in [-0.4, -0.2) is 30.3 Å². The summed E-state index contributed by atoms with van der Waals surface area (Å²) < 4.78 is 13.5. The van der Waals surface area contributed by atoms with Gasteiger partial charge in [0.25, 0.3) is 0 Å². The highest BCUT2D eigenvalue weighted by atomic mass is 19.1.